The van der Waals surface area contributed by atoms with Crippen LogP contribution < -0.4 is 0 Å². The van der Waals surface area contributed by atoms with Gasteiger partial charge in [0.1, 0.15) is 0 Å². The molecule has 1 heterocycles. The lowest BCUT2D eigenvalue weighted by molar-refractivity contribution is -0.115. The summed E-state index contributed by atoms with van der Waals surface area (Å²) in [7, 11) is 0. The number of halogens is 1. The molecule has 2 rings (SSSR count). The second kappa shape index (κ2) is 6.38. The molecule has 0 bridgehead atoms. The highest BCUT2D eigenvalue weighted by Crippen LogP contribution is 2.24. The molecular weight excluding hydrogens is 260 g/mol. The Morgan fingerprint density at radius 3 is 2.95 bits per heavy atom. The number of hydrogen-bond acceptors (Lipinski definition) is 2. The Morgan fingerprint density at radius 1 is 1.42 bits per heavy atom. The minimum absolute atomic E-state index is 0.207. The Bertz CT molecular complexity index is 502. The van der Waals surface area contributed by atoms with Crippen LogP contribution in [0, 0.1) is 6.92 Å². The van der Waals surface area contributed by atoms with Crippen molar-refractivity contribution < 1.29 is 4.79 Å². The van der Waals surface area contributed by atoms with Gasteiger partial charge in [0, 0.05) is 6.54 Å². The zero-order chi connectivity index (χ0) is 13.8. The van der Waals surface area contributed by atoms with Gasteiger partial charge in [0.2, 0.25) is 0 Å². The monoisotopic (exact) mass is 280 g/mol. The van der Waals surface area contributed by atoms with Crippen molar-refractivity contribution in [1.29, 1.82) is 0 Å². The molecule has 1 aromatic heterocycles. The molecular formula is C15H21ClN2O. The highest BCUT2D eigenvalue weighted by atomic mass is 35.5. The normalized spacial score (nSPS) is 16.1. The van der Waals surface area contributed by atoms with E-state index in [1.807, 2.05) is 18.5 Å². The van der Waals surface area contributed by atoms with Crippen LogP contribution in [0.2, 0.25) is 5.02 Å². The van der Waals surface area contributed by atoms with E-state index in [-0.39, 0.29) is 5.78 Å². The van der Waals surface area contributed by atoms with Crippen molar-refractivity contribution >= 4 is 17.4 Å². The van der Waals surface area contributed by atoms with Crippen LogP contribution in [0.1, 0.15) is 50.4 Å². The van der Waals surface area contributed by atoms with Gasteiger partial charge >= 0.3 is 0 Å². The van der Waals surface area contributed by atoms with E-state index in [0.29, 0.717) is 11.4 Å². The van der Waals surface area contributed by atoms with Crippen LogP contribution in [0.15, 0.2) is 11.6 Å². The zero-order valence-corrected chi connectivity index (χ0v) is 12.5. The van der Waals surface area contributed by atoms with Crippen LogP contribution in [-0.2, 0) is 17.8 Å². The van der Waals surface area contributed by atoms with Crippen molar-refractivity contribution in [2.45, 2.75) is 58.9 Å². The molecule has 104 valence electrons. The molecule has 0 fully saturated rings. The van der Waals surface area contributed by atoms with Gasteiger partial charge in [-0.2, -0.15) is 5.10 Å². The van der Waals surface area contributed by atoms with Gasteiger partial charge < -0.3 is 0 Å². The Labute approximate surface area is 119 Å². The summed E-state index contributed by atoms with van der Waals surface area (Å²) in [5.74, 6) is 0.207. The smallest absolute Gasteiger partial charge is 0.164 e. The van der Waals surface area contributed by atoms with Gasteiger partial charge in [-0.05, 0) is 45.1 Å². The van der Waals surface area contributed by atoms with Crippen LogP contribution in [0.4, 0.5) is 0 Å². The molecule has 19 heavy (non-hydrogen) atoms. The van der Waals surface area contributed by atoms with E-state index in [0.717, 1.165) is 42.8 Å². The number of allylic oxidation sites excluding steroid dienone is 2. The van der Waals surface area contributed by atoms with Crippen molar-refractivity contribution in [2.75, 3.05) is 0 Å². The average molecular weight is 281 g/mol. The molecule has 0 atom stereocenters. The first-order valence-electron chi connectivity index (χ1n) is 7.07. The first kappa shape index (κ1) is 14.3. The summed E-state index contributed by atoms with van der Waals surface area (Å²) >= 11 is 6.25. The van der Waals surface area contributed by atoms with Gasteiger partial charge in [0.05, 0.1) is 22.8 Å². The van der Waals surface area contributed by atoms with Crippen molar-refractivity contribution in [3.63, 3.8) is 0 Å². The minimum Gasteiger partial charge on any atom is -0.294 e. The predicted octanol–water partition coefficient (Wildman–Crippen LogP) is 3.87. The molecule has 0 aliphatic heterocycles. The zero-order valence-electron chi connectivity index (χ0n) is 11.7. The first-order valence-corrected chi connectivity index (χ1v) is 7.45. The Kier molecular flexibility index (Phi) is 4.81. The van der Waals surface area contributed by atoms with Crippen molar-refractivity contribution in [3.8, 4) is 0 Å². The summed E-state index contributed by atoms with van der Waals surface area (Å²) in [5.41, 5.74) is 2.65. The van der Waals surface area contributed by atoms with E-state index in [4.69, 9.17) is 11.6 Å². The number of nitrogens with zero attached hydrogens (tertiary/aromatic N) is 2. The lowest BCUT2D eigenvalue weighted by Crippen LogP contribution is -2.11. The van der Waals surface area contributed by atoms with E-state index in [9.17, 15) is 4.79 Å². The molecule has 0 spiro atoms. The molecule has 4 heteroatoms. The quantitative estimate of drug-likeness (QED) is 0.839. The summed E-state index contributed by atoms with van der Waals surface area (Å²) < 4.78 is 1.84. The van der Waals surface area contributed by atoms with E-state index in [1.165, 1.54) is 12.8 Å². The van der Waals surface area contributed by atoms with Crippen LogP contribution >= 0.6 is 11.6 Å². The van der Waals surface area contributed by atoms with E-state index in [2.05, 4.69) is 11.2 Å². The number of carbonyl (C=O) groups is 1. The second-order valence-corrected chi connectivity index (χ2v) is 5.47. The van der Waals surface area contributed by atoms with Crippen molar-refractivity contribution in [3.05, 3.63) is 28.1 Å². The van der Waals surface area contributed by atoms with Gasteiger partial charge in [-0.3, -0.25) is 9.48 Å². The fraction of sp³-hybridized carbons (Fsp3) is 0.600. The van der Waals surface area contributed by atoms with Crippen LogP contribution in [0.3, 0.4) is 0 Å². The maximum absolute atomic E-state index is 12.4. The largest absolute Gasteiger partial charge is 0.294 e. The van der Waals surface area contributed by atoms with Crippen molar-refractivity contribution in [2.24, 2.45) is 0 Å². The second-order valence-electron chi connectivity index (χ2n) is 5.09. The predicted molar refractivity (Wildman–Crippen MR) is 77.5 cm³/mol. The molecule has 3 nitrogen and oxygen atoms in total. The third-order valence-electron chi connectivity index (χ3n) is 3.68. The summed E-state index contributed by atoms with van der Waals surface area (Å²) in [5, 5.41) is 5.00. The Hall–Kier alpha value is -1.09. The minimum atomic E-state index is 0.207. The lowest BCUT2D eigenvalue weighted by atomic mass is 10.0. The summed E-state index contributed by atoms with van der Waals surface area (Å²) in [6.45, 7) is 4.64. The number of aromatic nitrogens is 2. The molecule has 0 aromatic carbocycles. The summed E-state index contributed by atoms with van der Waals surface area (Å²) in [6, 6.07) is 0. The van der Waals surface area contributed by atoms with Gasteiger partial charge in [0.25, 0.3) is 0 Å². The Morgan fingerprint density at radius 2 is 2.21 bits per heavy atom. The third kappa shape index (κ3) is 3.27. The van der Waals surface area contributed by atoms with E-state index in [1.54, 1.807) is 0 Å². The average Bonchev–Trinajstić information content (AvgIpc) is 2.65. The highest BCUT2D eigenvalue weighted by Gasteiger charge is 2.18. The summed E-state index contributed by atoms with van der Waals surface area (Å²) in [4.78, 5) is 12.4. The number of rotatable bonds is 4. The third-order valence-corrected chi connectivity index (χ3v) is 4.17. The molecule has 0 amide bonds. The molecule has 0 saturated carbocycles. The maximum atomic E-state index is 12.4. The molecule has 0 saturated heterocycles. The fourth-order valence-corrected chi connectivity index (χ4v) is 2.77. The molecule has 0 N–H and O–H groups in total. The van der Waals surface area contributed by atoms with E-state index < -0.39 is 0 Å². The van der Waals surface area contributed by atoms with Crippen molar-refractivity contribution in [1.82, 2.24) is 9.78 Å². The number of aryl methyl sites for hydroxylation is 2. The number of Topliss-reactive ketones (excluding diaryl/α,β-unsaturated/α-hetero) is 1. The number of carbonyl (C=O) groups excluding carboxylic acids is 1. The topological polar surface area (TPSA) is 34.9 Å². The van der Waals surface area contributed by atoms with Gasteiger partial charge in [0.15, 0.2) is 5.78 Å². The molecule has 0 radical (unpaired) electrons. The molecule has 0 unspecified atom stereocenters. The fourth-order valence-electron chi connectivity index (χ4n) is 2.57. The van der Waals surface area contributed by atoms with E-state index >= 15 is 0 Å². The number of hydrogen-bond donors (Lipinski definition) is 0. The Balaban J connectivity index is 2.16. The maximum Gasteiger partial charge on any atom is 0.164 e. The van der Waals surface area contributed by atoms with Gasteiger partial charge in [-0.15, -0.1) is 0 Å². The number of ketones is 1. The SMILES string of the molecule is CCn1nc(C)c(Cl)c1CC(=O)C1=CCCCCC1. The van der Waals surface area contributed by atoms with Crippen LogP contribution in [0.25, 0.3) is 0 Å². The molecule has 1 aliphatic carbocycles. The molecule has 1 aromatic rings. The van der Waals surface area contributed by atoms with Gasteiger partial charge in [-0.25, -0.2) is 0 Å². The van der Waals surface area contributed by atoms with Crippen LogP contribution in [-0.4, -0.2) is 15.6 Å². The first-order chi connectivity index (χ1) is 9.13. The molecule has 1 aliphatic rings. The highest BCUT2D eigenvalue weighted by molar-refractivity contribution is 6.32. The lowest BCUT2D eigenvalue weighted by Gasteiger charge is -2.07. The van der Waals surface area contributed by atoms with Gasteiger partial charge in [-0.1, -0.05) is 24.1 Å². The standard InChI is InChI=1S/C15H21ClN2O/c1-3-18-13(15(16)11(2)17-18)10-14(19)12-8-6-4-5-7-9-12/h8H,3-7,9-10H2,1-2H3. The summed E-state index contributed by atoms with van der Waals surface area (Å²) in [6.07, 6.45) is 7.97. The van der Waals surface area contributed by atoms with Crippen LogP contribution in [0.5, 0.6) is 0 Å².